The number of aromatic hydroxyl groups is 1. The Kier molecular flexibility index (Phi) is 6.26. The zero-order valence-electron chi connectivity index (χ0n) is 16.6. The van der Waals surface area contributed by atoms with E-state index in [1.807, 2.05) is 32.9 Å². The second-order valence-electron chi connectivity index (χ2n) is 7.01. The average molecular weight is 435 g/mol. The van der Waals surface area contributed by atoms with Crippen LogP contribution in [0.25, 0.3) is 11.1 Å². The first-order chi connectivity index (χ1) is 14.1. The van der Waals surface area contributed by atoms with Crippen molar-refractivity contribution in [1.29, 1.82) is 0 Å². The summed E-state index contributed by atoms with van der Waals surface area (Å²) < 4.78 is 43.1. The molecule has 0 aliphatic carbocycles. The van der Waals surface area contributed by atoms with Crippen molar-refractivity contribution in [2.24, 2.45) is 0 Å². The molecule has 1 N–H and O–H groups in total. The first-order valence-corrected chi connectivity index (χ1v) is 10.1. The highest BCUT2D eigenvalue weighted by atomic mass is 32.2. The second-order valence-corrected chi connectivity index (χ2v) is 8.18. The largest absolute Gasteiger partial charge is 0.507 e. The van der Waals surface area contributed by atoms with E-state index in [1.165, 1.54) is 23.9 Å². The van der Waals surface area contributed by atoms with Gasteiger partial charge in [-0.3, -0.25) is 4.98 Å². The molecule has 0 aliphatic rings. The lowest BCUT2D eigenvalue weighted by Gasteiger charge is -2.12. The first kappa shape index (κ1) is 22.0. The predicted octanol–water partition coefficient (Wildman–Crippen LogP) is 5.69. The van der Waals surface area contributed by atoms with E-state index in [1.54, 1.807) is 0 Å². The van der Waals surface area contributed by atoms with Crippen LogP contribution in [0, 0.1) is 20.8 Å². The van der Waals surface area contributed by atoms with Gasteiger partial charge in [-0.05, 0) is 49.6 Å². The van der Waals surface area contributed by atoms with Crippen molar-refractivity contribution in [3.63, 3.8) is 0 Å². The van der Waals surface area contributed by atoms with Crippen LogP contribution < -0.4 is 5.63 Å². The van der Waals surface area contributed by atoms with Gasteiger partial charge in [0.25, 0.3) is 0 Å². The zero-order valence-corrected chi connectivity index (χ0v) is 17.4. The number of halogens is 3. The number of rotatable bonds is 5. The summed E-state index contributed by atoms with van der Waals surface area (Å²) in [5.74, 6) is 0.589. The maximum Gasteiger partial charge on any atom is 0.433 e. The Morgan fingerprint density at radius 3 is 2.27 bits per heavy atom. The van der Waals surface area contributed by atoms with Crippen LogP contribution in [0.5, 0.6) is 5.75 Å². The molecule has 1 aromatic carbocycles. The van der Waals surface area contributed by atoms with Gasteiger partial charge < -0.3 is 9.52 Å². The summed E-state index contributed by atoms with van der Waals surface area (Å²) in [5, 5.41) is 10.5. The van der Waals surface area contributed by atoms with Crippen LogP contribution >= 0.6 is 11.8 Å². The standard InChI is InChI=1S/C22H20F3NO3S/c1-12-8-13(2)19(14(3)9-12)20-17(27)10-15(29-21(20)28)6-7-30-16-4-5-18(26-11-16)22(23,24)25/h4-5,8-11,27H,6-7H2,1-3H3. The molecule has 0 aliphatic heterocycles. The molecule has 0 unspecified atom stereocenters. The van der Waals surface area contributed by atoms with E-state index in [2.05, 4.69) is 4.98 Å². The molecule has 0 fully saturated rings. The van der Waals surface area contributed by atoms with Gasteiger partial charge in [-0.2, -0.15) is 13.2 Å². The fourth-order valence-corrected chi connectivity index (χ4v) is 4.19. The van der Waals surface area contributed by atoms with E-state index in [9.17, 15) is 23.1 Å². The SMILES string of the molecule is Cc1cc(C)c(-c2c(O)cc(CCSc3ccc(C(F)(F)F)nc3)oc2=O)c(C)c1. The molecule has 2 aromatic heterocycles. The lowest BCUT2D eigenvalue weighted by Crippen LogP contribution is -2.08. The molecule has 3 aromatic rings. The van der Waals surface area contributed by atoms with Crippen LogP contribution in [0.4, 0.5) is 13.2 Å². The Bertz CT molecular complexity index is 1100. The molecule has 0 radical (unpaired) electrons. The van der Waals surface area contributed by atoms with Gasteiger partial charge in [0.2, 0.25) is 0 Å². The highest BCUT2D eigenvalue weighted by Crippen LogP contribution is 2.33. The van der Waals surface area contributed by atoms with Gasteiger partial charge in [0.1, 0.15) is 22.8 Å². The molecule has 0 bridgehead atoms. The maximum atomic E-state index is 12.6. The van der Waals surface area contributed by atoms with Crippen molar-refractivity contribution in [3.8, 4) is 16.9 Å². The lowest BCUT2D eigenvalue weighted by atomic mass is 9.94. The Morgan fingerprint density at radius 2 is 1.73 bits per heavy atom. The molecule has 2 heterocycles. The zero-order chi connectivity index (χ0) is 22.1. The van der Waals surface area contributed by atoms with Crippen molar-refractivity contribution in [2.75, 3.05) is 5.75 Å². The van der Waals surface area contributed by atoms with Crippen molar-refractivity contribution in [3.05, 3.63) is 75.1 Å². The second kappa shape index (κ2) is 8.55. The van der Waals surface area contributed by atoms with Crippen molar-refractivity contribution < 1.29 is 22.7 Å². The first-order valence-electron chi connectivity index (χ1n) is 9.16. The number of hydrogen-bond acceptors (Lipinski definition) is 5. The number of nitrogens with zero attached hydrogens (tertiary/aromatic N) is 1. The Morgan fingerprint density at radius 1 is 1.07 bits per heavy atom. The van der Waals surface area contributed by atoms with Crippen LogP contribution in [0.1, 0.15) is 28.1 Å². The third kappa shape index (κ3) is 4.87. The van der Waals surface area contributed by atoms with E-state index >= 15 is 0 Å². The smallest absolute Gasteiger partial charge is 0.433 e. The Balaban J connectivity index is 1.74. The summed E-state index contributed by atoms with van der Waals surface area (Å²) in [6.07, 6.45) is -2.99. The third-order valence-electron chi connectivity index (χ3n) is 4.55. The minimum atomic E-state index is -4.47. The summed E-state index contributed by atoms with van der Waals surface area (Å²) in [5.41, 5.74) is 2.02. The van der Waals surface area contributed by atoms with Crippen LogP contribution in [0.15, 0.2) is 50.6 Å². The number of benzene rings is 1. The normalized spacial score (nSPS) is 11.7. The quantitative estimate of drug-likeness (QED) is 0.522. The fourth-order valence-electron chi connectivity index (χ4n) is 3.36. The Hall–Kier alpha value is -2.74. The van der Waals surface area contributed by atoms with E-state index < -0.39 is 17.5 Å². The number of pyridine rings is 1. The highest BCUT2D eigenvalue weighted by molar-refractivity contribution is 7.99. The average Bonchev–Trinajstić information content (AvgIpc) is 2.63. The lowest BCUT2D eigenvalue weighted by molar-refractivity contribution is -0.141. The highest BCUT2D eigenvalue weighted by Gasteiger charge is 2.32. The number of aromatic nitrogens is 1. The molecule has 0 spiro atoms. The maximum absolute atomic E-state index is 12.6. The summed E-state index contributed by atoms with van der Waals surface area (Å²) >= 11 is 1.28. The molecule has 4 nitrogen and oxygen atoms in total. The summed E-state index contributed by atoms with van der Waals surface area (Å²) in [6.45, 7) is 5.70. The van der Waals surface area contributed by atoms with E-state index in [0.29, 0.717) is 28.4 Å². The number of hydrogen-bond donors (Lipinski definition) is 1. The molecular weight excluding hydrogens is 415 g/mol. The van der Waals surface area contributed by atoms with Crippen LogP contribution in [0.2, 0.25) is 0 Å². The van der Waals surface area contributed by atoms with Crippen molar-refractivity contribution in [1.82, 2.24) is 4.98 Å². The summed E-state index contributed by atoms with van der Waals surface area (Å²) in [4.78, 5) is 16.5. The van der Waals surface area contributed by atoms with Gasteiger partial charge in [0, 0.05) is 29.3 Å². The molecule has 30 heavy (non-hydrogen) atoms. The molecule has 0 amide bonds. The van der Waals surface area contributed by atoms with E-state index in [4.69, 9.17) is 4.42 Å². The number of alkyl halides is 3. The van der Waals surface area contributed by atoms with Gasteiger partial charge in [-0.15, -0.1) is 11.8 Å². The van der Waals surface area contributed by atoms with Crippen LogP contribution in [0.3, 0.4) is 0 Å². The molecule has 0 atom stereocenters. The molecule has 0 saturated heterocycles. The minimum absolute atomic E-state index is 0.133. The molecule has 158 valence electrons. The van der Waals surface area contributed by atoms with Crippen molar-refractivity contribution in [2.45, 2.75) is 38.3 Å². The van der Waals surface area contributed by atoms with Gasteiger partial charge in [-0.1, -0.05) is 17.7 Å². The van der Waals surface area contributed by atoms with Gasteiger partial charge in [0.05, 0.1) is 0 Å². The van der Waals surface area contributed by atoms with Crippen LogP contribution in [-0.2, 0) is 12.6 Å². The number of thioether (sulfide) groups is 1. The topological polar surface area (TPSA) is 63.3 Å². The minimum Gasteiger partial charge on any atom is -0.507 e. The van der Waals surface area contributed by atoms with E-state index in [-0.39, 0.29) is 11.3 Å². The van der Waals surface area contributed by atoms with Crippen LogP contribution in [-0.4, -0.2) is 15.8 Å². The Labute approximate surface area is 175 Å². The van der Waals surface area contributed by atoms with E-state index in [0.717, 1.165) is 29.0 Å². The number of aryl methyl sites for hydroxylation is 4. The van der Waals surface area contributed by atoms with Gasteiger partial charge in [0.15, 0.2) is 0 Å². The predicted molar refractivity (Wildman–Crippen MR) is 110 cm³/mol. The van der Waals surface area contributed by atoms with Crippen molar-refractivity contribution >= 4 is 11.8 Å². The monoisotopic (exact) mass is 435 g/mol. The molecule has 0 saturated carbocycles. The van der Waals surface area contributed by atoms with Gasteiger partial charge >= 0.3 is 11.8 Å². The summed E-state index contributed by atoms with van der Waals surface area (Å²) in [6, 6.07) is 7.56. The summed E-state index contributed by atoms with van der Waals surface area (Å²) in [7, 11) is 0. The fraction of sp³-hybridized carbons (Fsp3) is 0.273. The van der Waals surface area contributed by atoms with Gasteiger partial charge in [-0.25, -0.2) is 4.79 Å². The third-order valence-corrected chi connectivity index (χ3v) is 5.54. The molecular formula is C22H20F3NO3S. The molecule has 3 rings (SSSR count). The molecule has 8 heteroatoms.